The van der Waals surface area contributed by atoms with Crippen molar-refractivity contribution in [2.75, 3.05) is 47.6 Å². The van der Waals surface area contributed by atoms with E-state index >= 15 is 0 Å². The van der Waals surface area contributed by atoms with E-state index in [1.54, 1.807) is 37.3 Å². The van der Waals surface area contributed by atoms with Crippen LogP contribution in [0.1, 0.15) is 5.56 Å². The Morgan fingerprint density at radius 2 is 1.67 bits per heavy atom. The maximum atomic E-state index is 12.2. The number of rotatable bonds is 10. The summed E-state index contributed by atoms with van der Waals surface area (Å²) in [5.74, 6) is -0.156. The fourth-order valence-electron chi connectivity index (χ4n) is 1.88. The van der Waals surface area contributed by atoms with Crippen LogP contribution in [0.15, 0.2) is 35.2 Å². The zero-order chi connectivity index (χ0) is 18.0. The van der Waals surface area contributed by atoms with Crippen molar-refractivity contribution < 1.29 is 22.7 Å². The molecule has 0 heterocycles. The van der Waals surface area contributed by atoms with E-state index in [0.717, 1.165) is 5.56 Å². The van der Waals surface area contributed by atoms with Crippen molar-refractivity contribution in [3.05, 3.63) is 35.9 Å². The molecule has 0 bridgehead atoms. The molecule has 0 unspecified atom stereocenters. The highest BCUT2D eigenvalue weighted by molar-refractivity contribution is 7.89. The number of ether oxygens (including phenoxy) is 2. The number of benzene rings is 1. The molecule has 1 aromatic rings. The minimum Gasteiger partial charge on any atom is -0.383 e. The van der Waals surface area contributed by atoms with E-state index in [1.165, 1.54) is 25.3 Å². The molecule has 0 radical (unpaired) electrons. The molecule has 0 atom stereocenters. The van der Waals surface area contributed by atoms with Gasteiger partial charge in [-0.15, -0.1) is 0 Å². The first-order chi connectivity index (χ1) is 11.4. The van der Waals surface area contributed by atoms with Crippen molar-refractivity contribution >= 4 is 22.0 Å². The predicted molar refractivity (Wildman–Crippen MR) is 92.1 cm³/mol. The summed E-state index contributed by atoms with van der Waals surface area (Å²) >= 11 is 0. The van der Waals surface area contributed by atoms with Crippen LogP contribution in [-0.2, 0) is 24.3 Å². The van der Waals surface area contributed by atoms with Crippen LogP contribution in [0.3, 0.4) is 0 Å². The van der Waals surface area contributed by atoms with Crippen molar-refractivity contribution in [2.24, 2.45) is 0 Å². The third-order valence-corrected chi connectivity index (χ3v) is 4.75. The maximum Gasteiger partial charge on any atom is 0.246 e. The molecule has 1 rings (SSSR count). The Hall–Kier alpha value is -1.74. The third-order valence-electron chi connectivity index (χ3n) is 3.32. The molecule has 0 aliphatic carbocycles. The van der Waals surface area contributed by atoms with Gasteiger partial charge in [0, 0.05) is 33.4 Å². The smallest absolute Gasteiger partial charge is 0.246 e. The summed E-state index contributed by atoms with van der Waals surface area (Å²) in [5.41, 5.74) is 0.733. The highest BCUT2D eigenvalue weighted by Gasteiger charge is 2.11. The number of hydrogen-bond donors (Lipinski definition) is 1. The van der Waals surface area contributed by atoms with Crippen molar-refractivity contribution in [3.8, 4) is 0 Å². The Labute approximate surface area is 143 Å². The lowest BCUT2D eigenvalue weighted by Crippen LogP contribution is -2.35. The van der Waals surface area contributed by atoms with Gasteiger partial charge in [0.25, 0.3) is 0 Å². The lowest BCUT2D eigenvalue weighted by molar-refractivity contribution is -0.127. The van der Waals surface area contributed by atoms with Gasteiger partial charge >= 0.3 is 0 Å². The minimum atomic E-state index is -3.46. The first-order valence-corrected chi connectivity index (χ1v) is 8.91. The van der Waals surface area contributed by atoms with E-state index in [9.17, 15) is 13.2 Å². The molecular weight excluding hydrogens is 332 g/mol. The van der Waals surface area contributed by atoms with Crippen molar-refractivity contribution in [2.45, 2.75) is 4.90 Å². The van der Waals surface area contributed by atoms with E-state index in [0.29, 0.717) is 26.3 Å². The Bertz CT molecular complexity index is 633. The Morgan fingerprint density at radius 1 is 1.12 bits per heavy atom. The molecule has 0 aliphatic rings. The molecule has 0 saturated heterocycles. The van der Waals surface area contributed by atoms with Gasteiger partial charge in [-0.2, -0.15) is 0 Å². The van der Waals surface area contributed by atoms with E-state index < -0.39 is 10.0 Å². The van der Waals surface area contributed by atoms with Crippen molar-refractivity contribution in [1.29, 1.82) is 0 Å². The average molecular weight is 356 g/mol. The van der Waals surface area contributed by atoms with Gasteiger partial charge in [-0.05, 0) is 30.8 Å². The second-order valence-electron chi connectivity index (χ2n) is 4.92. The first kappa shape index (κ1) is 20.3. The van der Waals surface area contributed by atoms with E-state index in [2.05, 4.69) is 4.72 Å². The summed E-state index contributed by atoms with van der Waals surface area (Å²) in [5, 5.41) is 0. The van der Waals surface area contributed by atoms with Crippen LogP contribution in [0.4, 0.5) is 0 Å². The number of carbonyl (C=O) groups excluding carboxylic acids is 1. The van der Waals surface area contributed by atoms with Gasteiger partial charge in [0.05, 0.1) is 18.1 Å². The number of sulfonamides is 1. The Kier molecular flexibility index (Phi) is 8.62. The van der Waals surface area contributed by atoms with Gasteiger partial charge in [-0.3, -0.25) is 4.79 Å². The van der Waals surface area contributed by atoms with Crippen LogP contribution in [0.25, 0.3) is 6.08 Å². The quantitative estimate of drug-likeness (QED) is 0.625. The van der Waals surface area contributed by atoms with E-state index in [-0.39, 0.29) is 10.8 Å². The Balaban J connectivity index is 2.76. The monoisotopic (exact) mass is 356 g/mol. The highest BCUT2D eigenvalue weighted by atomic mass is 32.2. The minimum absolute atomic E-state index is 0.156. The van der Waals surface area contributed by atoms with Crippen molar-refractivity contribution in [3.63, 3.8) is 0 Å². The van der Waals surface area contributed by atoms with Gasteiger partial charge in [-0.25, -0.2) is 13.1 Å². The first-order valence-electron chi connectivity index (χ1n) is 7.43. The van der Waals surface area contributed by atoms with Crippen LogP contribution in [0.2, 0.25) is 0 Å². The average Bonchev–Trinajstić information content (AvgIpc) is 2.60. The molecule has 134 valence electrons. The predicted octanol–water partition coefficient (Wildman–Crippen LogP) is 0.729. The molecule has 24 heavy (non-hydrogen) atoms. The molecule has 7 nitrogen and oxygen atoms in total. The molecular formula is C16H24N2O5S. The lowest BCUT2D eigenvalue weighted by atomic mass is 10.2. The number of amides is 1. The molecule has 0 fully saturated rings. The normalized spacial score (nSPS) is 11.8. The number of nitrogens with zero attached hydrogens (tertiary/aromatic N) is 1. The molecule has 1 amide bonds. The van der Waals surface area contributed by atoms with Gasteiger partial charge in [0.2, 0.25) is 15.9 Å². The van der Waals surface area contributed by atoms with Gasteiger partial charge in [0.1, 0.15) is 0 Å². The summed E-state index contributed by atoms with van der Waals surface area (Å²) in [6, 6.07) is 6.26. The molecule has 0 aromatic heterocycles. The van der Waals surface area contributed by atoms with Gasteiger partial charge < -0.3 is 14.4 Å². The SMILES string of the molecule is CNS(=O)(=O)c1ccc(C=CC(=O)N(CCOC)CCOC)cc1. The van der Waals surface area contributed by atoms with Crippen LogP contribution in [0, 0.1) is 0 Å². The van der Waals surface area contributed by atoms with Crippen LogP contribution in [-0.4, -0.2) is 66.8 Å². The summed E-state index contributed by atoms with van der Waals surface area (Å²) < 4.78 is 35.6. The number of nitrogens with one attached hydrogen (secondary N) is 1. The number of methoxy groups -OCH3 is 2. The van der Waals surface area contributed by atoms with Crippen molar-refractivity contribution in [1.82, 2.24) is 9.62 Å². The number of carbonyl (C=O) groups is 1. The van der Waals surface area contributed by atoms with Crippen LogP contribution >= 0.6 is 0 Å². The molecule has 0 aliphatic heterocycles. The standard InChI is InChI=1S/C16H24N2O5S/c1-17-24(20,21)15-7-4-14(5-8-15)6-9-16(19)18(10-12-22-2)11-13-23-3/h4-9,17H,10-13H2,1-3H3. The second kappa shape index (κ2) is 10.2. The lowest BCUT2D eigenvalue weighted by Gasteiger charge is -2.20. The third kappa shape index (κ3) is 6.40. The molecule has 1 aromatic carbocycles. The van der Waals surface area contributed by atoms with Crippen LogP contribution in [0.5, 0.6) is 0 Å². The number of hydrogen-bond acceptors (Lipinski definition) is 5. The summed E-state index contributed by atoms with van der Waals surface area (Å²) in [4.78, 5) is 14.0. The van der Waals surface area contributed by atoms with Gasteiger partial charge in [0.15, 0.2) is 0 Å². The molecule has 0 spiro atoms. The zero-order valence-corrected chi connectivity index (χ0v) is 15.0. The molecule has 8 heteroatoms. The maximum absolute atomic E-state index is 12.2. The van der Waals surface area contributed by atoms with E-state index in [4.69, 9.17) is 9.47 Å². The largest absolute Gasteiger partial charge is 0.383 e. The topological polar surface area (TPSA) is 84.9 Å². The van der Waals surface area contributed by atoms with Crippen LogP contribution < -0.4 is 4.72 Å². The Morgan fingerprint density at radius 3 is 2.12 bits per heavy atom. The van der Waals surface area contributed by atoms with Gasteiger partial charge in [-0.1, -0.05) is 12.1 Å². The zero-order valence-electron chi connectivity index (χ0n) is 14.2. The fourth-order valence-corrected chi connectivity index (χ4v) is 2.61. The van der Waals surface area contributed by atoms with E-state index in [1.807, 2.05) is 0 Å². The summed E-state index contributed by atoms with van der Waals surface area (Å²) in [6.07, 6.45) is 3.09. The highest BCUT2D eigenvalue weighted by Crippen LogP contribution is 2.11. The molecule has 1 N–H and O–H groups in total. The summed E-state index contributed by atoms with van der Waals surface area (Å²) in [6.45, 7) is 1.84. The second-order valence-corrected chi connectivity index (χ2v) is 6.81. The summed E-state index contributed by atoms with van der Waals surface area (Å²) in [7, 11) is 1.06. The fraction of sp³-hybridized carbons (Fsp3) is 0.438. The molecule has 0 saturated carbocycles.